The van der Waals surface area contributed by atoms with Gasteiger partial charge in [-0.25, -0.2) is 0 Å². The van der Waals surface area contributed by atoms with Gasteiger partial charge in [-0.15, -0.1) is 11.5 Å². The third-order valence-electron chi connectivity index (χ3n) is 2.82. The van der Waals surface area contributed by atoms with Crippen LogP contribution in [0.25, 0.3) is 0 Å². The van der Waals surface area contributed by atoms with Crippen molar-refractivity contribution in [2.45, 2.75) is 45.3 Å². The van der Waals surface area contributed by atoms with Crippen molar-refractivity contribution in [3.8, 4) is 17.5 Å². The molecule has 0 aliphatic heterocycles. The fraction of sp³-hybridized carbons (Fsp3) is 0.692. The summed E-state index contributed by atoms with van der Waals surface area (Å²) in [4.78, 5) is 11.4. The maximum absolute atomic E-state index is 11.4. The third kappa shape index (κ3) is 3.83. The van der Waals surface area contributed by atoms with Gasteiger partial charge >= 0.3 is 0 Å². The first kappa shape index (κ1) is 13.0. The van der Waals surface area contributed by atoms with E-state index in [1.54, 1.807) is 0 Å². The van der Waals surface area contributed by atoms with Gasteiger partial charge in [-0.1, -0.05) is 19.6 Å². The number of carbonyl (C=O) groups excluding carboxylic acids is 1. The minimum Gasteiger partial charge on any atom is -0.298 e. The third-order valence-corrected chi connectivity index (χ3v) is 3.75. The number of hydrogen-bond donors (Lipinski definition) is 0. The highest BCUT2D eigenvalue weighted by Gasteiger charge is 2.33. The Morgan fingerprint density at radius 3 is 2.69 bits per heavy atom. The summed E-state index contributed by atoms with van der Waals surface area (Å²) >= 11 is 0. The largest absolute Gasteiger partial charge is 0.298 e. The van der Waals surface area contributed by atoms with Crippen LogP contribution in [0.5, 0.6) is 0 Å². The van der Waals surface area contributed by atoms with Crippen molar-refractivity contribution >= 4 is 13.9 Å². The van der Waals surface area contributed by atoms with E-state index < -0.39 is 8.07 Å². The number of carbonyl (C=O) groups is 1. The minimum atomic E-state index is -1.27. The Kier molecular flexibility index (Phi) is 4.32. The van der Waals surface area contributed by atoms with E-state index in [4.69, 9.17) is 5.26 Å². The molecule has 1 aliphatic carbocycles. The summed E-state index contributed by atoms with van der Waals surface area (Å²) in [5.41, 5.74) is 3.31. The van der Waals surface area contributed by atoms with E-state index in [1.165, 1.54) is 0 Å². The molecule has 0 aromatic rings. The SMILES string of the molecule is C[Si](C)(C)C#CCC[C@@H]1CCC(=O)[C@H]1C#N. The normalized spacial score (nSPS) is 24.8. The first-order valence-electron chi connectivity index (χ1n) is 5.86. The molecule has 2 nitrogen and oxygen atoms in total. The zero-order chi connectivity index (χ0) is 12.2. The summed E-state index contributed by atoms with van der Waals surface area (Å²) in [6, 6.07) is 2.13. The average molecular weight is 233 g/mol. The van der Waals surface area contributed by atoms with Gasteiger partial charge in [0.25, 0.3) is 0 Å². The molecule has 1 saturated carbocycles. The van der Waals surface area contributed by atoms with E-state index in [0.29, 0.717) is 6.42 Å². The van der Waals surface area contributed by atoms with Crippen LogP contribution in [0.2, 0.25) is 19.6 Å². The monoisotopic (exact) mass is 233 g/mol. The molecule has 0 amide bonds. The quantitative estimate of drug-likeness (QED) is 0.543. The molecule has 86 valence electrons. The molecule has 1 rings (SSSR count). The van der Waals surface area contributed by atoms with E-state index in [1.807, 2.05) is 0 Å². The molecule has 0 heterocycles. The van der Waals surface area contributed by atoms with Crippen LogP contribution in [0.1, 0.15) is 25.7 Å². The molecule has 0 aromatic heterocycles. The van der Waals surface area contributed by atoms with Crippen molar-refractivity contribution < 1.29 is 4.79 Å². The van der Waals surface area contributed by atoms with Gasteiger partial charge in [0.15, 0.2) is 0 Å². The molecule has 0 aromatic carbocycles. The highest BCUT2D eigenvalue weighted by atomic mass is 28.3. The second-order valence-electron chi connectivity index (χ2n) is 5.46. The molecule has 0 unspecified atom stereocenters. The molecule has 2 atom stereocenters. The summed E-state index contributed by atoms with van der Waals surface area (Å²) in [5, 5.41) is 8.89. The Labute approximate surface area is 99.0 Å². The van der Waals surface area contributed by atoms with Gasteiger partial charge in [0.05, 0.1) is 6.07 Å². The fourth-order valence-corrected chi connectivity index (χ4v) is 2.64. The Hall–Kier alpha value is -1.06. The van der Waals surface area contributed by atoms with E-state index in [-0.39, 0.29) is 17.6 Å². The summed E-state index contributed by atoms with van der Waals surface area (Å²) < 4.78 is 0. The lowest BCUT2D eigenvalue weighted by molar-refractivity contribution is -0.119. The highest BCUT2D eigenvalue weighted by molar-refractivity contribution is 6.83. The predicted molar refractivity (Wildman–Crippen MR) is 67.2 cm³/mol. The highest BCUT2D eigenvalue weighted by Crippen LogP contribution is 2.31. The first-order valence-corrected chi connectivity index (χ1v) is 9.36. The average Bonchev–Trinajstić information content (AvgIpc) is 2.52. The minimum absolute atomic E-state index is 0.130. The van der Waals surface area contributed by atoms with Crippen LogP contribution in [0, 0.1) is 34.6 Å². The molecule has 0 radical (unpaired) electrons. The van der Waals surface area contributed by atoms with Crippen LogP contribution < -0.4 is 0 Å². The van der Waals surface area contributed by atoms with Gasteiger partial charge in [-0.05, 0) is 18.8 Å². The molecular formula is C13H19NOSi. The molecule has 0 spiro atoms. The van der Waals surface area contributed by atoms with Crippen molar-refractivity contribution in [1.82, 2.24) is 0 Å². The van der Waals surface area contributed by atoms with Crippen LogP contribution >= 0.6 is 0 Å². The van der Waals surface area contributed by atoms with Gasteiger partial charge in [0.1, 0.15) is 19.8 Å². The van der Waals surface area contributed by atoms with E-state index >= 15 is 0 Å². The summed E-state index contributed by atoms with van der Waals surface area (Å²) in [6.07, 6.45) is 3.21. The lowest BCUT2D eigenvalue weighted by Gasteiger charge is -2.09. The van der Waals surface area contributed by atoms with E-state index in [2.05, 4.69) is 37.2 Å². The molecule has 0 saturated heterocycles. The number of ketones is 1. The fourth-order valence-electron chi connectivity index (χ4n) is 1.99. The number of Topliss-reactive ketones (excluding diaryl/α,β-unsaturated/α-hetero) is 1. The van der Waals surface area contributed by atoms with Crippen molar-refractivity contribution in [1.29, 1.82) is 5.26 Å². The molecule has 16 heavy (non-hydrogen) atoms. The summed E-state index contributed by atoms with van der Waals surface area (Å²) in [5.74, 6) is 3.24. The number of hydrogen-bond acceptors (Lipinski definition) is 2. The van der Waals surface area contributed by atoms with E-state index in [9.17, 15) is 4.79 Å². The number of rotatable bonds is 2. The Morgan fingerprint density at radius 2 is 2.12 bits per heavy atom. The molecule has 0 N–H and O–H groups in total. The summed E-state index contributed by atoms with van der Waals surface area (Å²) in [6.45, 7) is 6.66. The topological polar surface area (TPSA) is 40.9 Å². The van der Waals surface area contributed by atoms with E-state index in [0.717, 1.165) is 19.3 Å². The number of nitrogens with zero attached hydrogens (tertiary/aromatic N) is 1. The van der Waals surface area contributed by atoms with Gasteiger partial charge in [0.2, 0.25) is 0 Å². The Balaban J connectivity index is 2.42. The Bertz CT molecular complexity index is 364. The smallest absolute Gasteiger partial charge is 0.150 e. The molecule has 1 fully saturated rings. The van der Waals surface area contributed by atoms with Crippen LogP contribution in [-0.2, 0) is 4.79 Å². The lowest BCUT2D eigenvalue weighted by Crippen LogP contribution is -2.16. The zero-order valence-corrected chi connectivity index (χ0v) is 11.3. The molecule has 1 aliphatic rings. The van der Waals surface area contributed by atoms with Crippen molar-refractivity contribution in [3.63, 3.8) is 0 Å². The zero-order valence-electron chi connectivity index (χ0n) is 10.3. The Morgan fingerprint density at radius 1 is 1.44 bits per heavy atom. The summed E-state index contributed by atoms with van der Waals surface area (Å²) in [7, 11) is -1.27. The molecule has 3 heteroatoms. The first-order chi connectivity index (χ1) is 7.44. The van der Waals surface area contributed by atoms with Crippen molar-refractivity contribution in [2.75, 3.05) is 0 Å². The maximum atomic E-state index is 11.4. The van der Waals surface area contributed by atoms with Gasteiger partial charge < -0.3 is 0 Å². The van der Waals surface area contributed by atoms with Crippen molar-refractivity contribution in [3.05, 3.63) is 0 Å². The van der Waals surface area contributed by atoms with Crippen LogP contribution in [-0.4, -0.2) is 13.9 Å². The molecule has 0 bridgehead atoms. The van der Waals surface area contributed by atoms with Gasteiger partial charge in [-0.2, -0.15) is 5.26 Å². The standard InChI is InChI=1S/C13H19NOSi/c1-16(2,3)9-5-4-6-11-7-8-13(15)12(11)10-14/h11-12H,4,6-8H2,1-3H3/t11-,12+/m1/s1. The molecular weight excluding hydrogens is 214 g/mol. The van der Waals surface area contributed by atoms with Gasteiger partial charge in [-0.3, -0.25) is 4.79 Å². The van der Waals surface area contributed by atoms with Crippen LogP contribution in [0.15, 0.2) is 0 Å². The predicted octanol–water partition coefficient (Wildman–Crippen LogP) is 2.77. The second-order valence-corrected chi connectivity index (χ2v) is 10.2. The van der Waals surface area contributed by atoms with Crippen LogP contribution in [0.4, 0.5) is 0 Å². The number of nitriles is 1. The van der Waals surface area contributed by atoms with Gasteiger partial charge in [0, 0.05) is 12.8 Å². The van der Waals surface area contributed by atoms with Crippen molar-refractivity contribution in [2.24, 2.45) is 11.8 Å². The lowest BCUT2D eigenvalue weighted by atomic mass is 9.92. The maximum Gasteiger partial charge on any atom is 0.150 e. The second kappa shape index (κ2) is 5.32. The van der Waals surface area contributed by atoms with Crippen LogP contribution in [0.3, 0.4) is 0 Å².